The molecular weight excluding hydrogens is 301 g/mol. The molecule has 0 unspecified atom stereocenters. The molecular formula is H3Cl3HoNO. The normalized spacial score (nSPS) is 1.00. The fourth-order valence-corrected chi connectivity index (χ4v) is 0. The first-order chi connectivity index (χ1) is 1.00. The molecule has 0 heterocycles. The summed E-state index contributed by atoms with van der Waals surface area (Å²) >= 11 is 0. The van der Waals surface area contributed by atoms with Crippen molar-refractivity contribution in [2.45, 2.75) is 0 Å². The van der Waals surface area contributed by atoms with Gasteiger partial charge in [-0.3, -0.25) is 0 Å². The van der Waals surface area contributed by atoms with Gasteiger partial charge in [-0.2, -0.15) is 0 Å². The Morgan fingerprint density at radius 1 is 0.833 bits per heavy atom. The largest absolute Gasteiger partial charge is 3.00 e. The topological polar surface area (TPSA) is 46.2 Å². The van der Waals surface area contributed by atoms with Crippen LogP contribution >= 0.6 is 0 Å². The fourth-order valence-electron chi connectivity index (χ4n) is 0. The van der Waals surface area contributed by atoms with E-state index in [4.69, 9.17) is 5.21 Å². The first-order valence-corrected chi connectivity index (χ1v) is 0.258. The van der Waals surface area contributed by atoms with Crippen molar-refractivity contribution >= 4 is 0 Å². The second-order valence-corrected chi connectivity index (χ2v) is 0. The molecule has 2 nitrogen and oxygen atoms in total. The molecule has 0 saturated heterocycles. The van der Waals surface area contributed by atoms with Gasteiger partial charge in [0.15, 0.2) is 0 Å². The van der Waals surface area contributed by atoms with Crippen LogP contribution in [0.5, 0.6) is 0 Å². The Morgan fingerprint density at radius 2 is 0.833 bits per heavy atom. The maximum absolute atomic E-state index is 6.50. The van der Waals surface area contributed by atoms with E-state index in [9.17, 15) is 0 Å². The van der Waals surface area contributed by atoms with E-state index in [2.05, 4.69) is 5.90 Å². The molecule has 0 bridgehead atoms. The predicted molar refractivity (Wildman–Crippen MR) is 5.97 cm³/mol. The van der Waals surface area contributed by atoms with Crippen molar-refractivity contribution in [3.8, 4) is 0 Å². The van der Waals surface area contributed by atoms with Crippen LogP contribution in [0.4, 0.5) is 0 Å². The maximum atomic E-state index is 6.50. The number of rotatable bonds is 0. The van der Waals surface area contributed by atoms with Crippen LogP contribution in [0.1, 0.15) is 0 Å². The van der Waals surface area contributed by atoms with Crippen LogP contribution in [0.25, 0.3) is 0 Å². The molecule has 0 aliphatic rings. The van der Waals surface area contributed by atoms with Gasteiger partial charge < -0.3 is 42.4 Å². The van der Waals surface area contributed by atoms with Gasteiger partial charge in [-0.25, -0.2) is 5.90 Å². The quantitative estimate of drug-likeness (QED) is 0.345. The summed E-state index contributed by atoms with van der Waals surface area (Å²) in [6.45, 7) is 0. The Bertz CT molecular complexity index is 10.8. The van der Waals surface area contributed by atoms with Crippen molar-refractivity contribution in [3.63, 3.8) is 0 Å². The molecule has 0 fully saturated rings. The van der Waals surface area contributed by atoms with Gasteiger partial charge in [0.2, 0.25) is 0 Å². The van der Waals surface area contributed by atoms with E-state index in [0.29, 0.717) is 0 Å². The Kier molecular flexibility index (Phi) is 440. The molecule has 0 spiro atoms. The van der Waals surface area contributed by atoms with Crippen LogP contribution in [0, 0.1) is 37.7 Å². The zero-order valence-electron chi connectivity index (χ0n) is 2.46. The van der Waals surface area contributed by atoms with Gasteiger partial charge in [0.1, 0.15) is 0 Å². The molecule has 0 aromatic carbocycles. The molecule has 6 heavy (non-hydrogen) atoms. The Hall–Kier alpha value is 2.05. The molecule has 0 rings (SSSR count). The van der Waals surface area contributed by atoms with E-state index in [-0.39, 0.29) is 75.0 Å². The van der Waals surface area contributed by atoms with Crippen molar-refractivity contribution in [3.05, 3.63) is 0 Å². The third-order valence-electron chi connectivity index (χ3n) is 0. The molecule has 0 aromatic heterocycles. The molecule has 0 aliphatic heterocycles. The number of hydrogen-bond acceptors (Lipinski definition) is 2. The predicted octanol–water partition coefficient (Wildman–Crippen LogP) is -9.65. The van der Waals surface area contributed by atoms with Gasteiger partial charge in [0.25, 0.3) is 0 Å². The zero-order valence-corrected chi connectivity index (χ0v) is 6.66. The number of nitrogens with two attached hydrogens (primary N) is 1. The van der Waals surface area contributed by atoms with E-state index in [1.165, 1.54) is 0 Å². The van der Waals surface area contributed by atoms with Crippen LogP contribution in [0.3, 0.4) is 0 Å². The smallest absolute Gasteiger partial charge is 1.00 e. The van der Waals surface area contributed by atoms with Crippen molar-refractivity contribution in [1.82, 2.24) is 0 Å². The summed E-state index contributed by atoms with van der Waals surface area (Å²) < 4.78 is 0. The first-order valence-electron chi connectivity index (χ1n) is 0.258. The second-order valence-electron chi connectivity index (χ2n) is 0. The summed E-state index contributed by atoms with van der Waals surface area (Å²) in [5.41, 5.74) is 0. The van der Waals surface area contributed by atoms with Gasteiger partial charge in [0, 0.05) is 0 Å². The van der Waals surface area contributed by atoms with Gasteiger partial charge in [-0.05, 0) is 0 Å². The summed E-state index contributed by atoms with van der Waals surface area (Å²) in [4.78, 5) is 0. The van der Waals surface area contributed by atoms with E-state index < -0.39 is 0 Å². The standard InChI is InChI=1S/3ClH.Ho.H3NO/c;;;;1-2/h3*1H;;2H,1H2/q;;;+3;/p-3. The summed E-state index contributed by atoms with van der Waals surface area (Å²) in [5, 5.41) is 6.50. The molecule has 0 aliphatic carbocycles. The molecule has 0 atom stereocenters. The average Bonchev–Trinajstić information content (AvgIpc) is 1.00. The van der Waals surface area contributed by atoms with Gasteiger partial charge >= 0.3 is 37.7 Å². The van der Waals surface area contributed by atoms with Gasteiger partial charge in [0.05, 0.1) is 0 Å². The number of hydrogen-bond donors (Lipinski definition) is 2. The maximum Gasteiger partial charge on any atom is 3.00 e. The molecule has 0 radical (unpaired) electrons. The van der Waals surface area contributed by atoms with Gasteiger partial charge in [-0.15, -0.1) is 0 Å². The number of halogens is 3. The van der Waals surface area contributed by atoms with Crippen molar-refractivity contribution in [2.24, 2.45) is 5.90 Å². The van der Waals surface area contributed by atoms with E-state index in [1.807, 2.05) is 0 Å². The van der Waals surface area contributed by atoms with Crippen molar-refractivity contribution < 1.29 is 80.2 Å². The van der Waals surface area contributed by atoms with E-state index >= 15 is 0 Å². The Morgan fingerprint density at radius 3 is 0.833 bits per heavy atom. The third-order valence-corrected chi connectivity index (χ3v) is 0. The van der Waals surface area contributed by atoms with Crippen molar-refractivity contribution in [1.29, 1.82) is 0 Å². The summed E-state index contributed by atoms with van der Waals surface area (Å²) in [7, 11) is 0. The first kappa shape index (κ1) is 43.0. The molecule has 0 saturated carbocycles. The summed E-state index contributed by atoms with van der Waals surface area (Å²) in [6.07, 6.45) is 0. The van der Waals surface area contributed by atoms with Crippen LogP contribution < -0.4 is 43.1 Å². The van der Waals surface area contributed by atoms with Crippen molar-refractivity contribution in [2.75, 3.05) is 0 Å². The zero-order chi connectivity index (χ0) is 2.00. The molecule has 6 heteroatoms. The minimum Gasteiger partial charge on any atom is -1.00 e. The minimum absolute atomic E-state index is 0. The molecule has 46 valence electrons. The van der Waals surface area contributed by atoms with Crippen LogP contribution in [0.2, 0.25) is 0 Å². The van der Waals surface area contributed by atoms with E-state index in [0.717, 1.165) is 0 Å². The summed E-state index contributed by atoms with van der Waals surface area (Å²) in [6, 6.07) is 0. The minimum atomic E-state index is 0. The second kappa shape index (κ2) is 61.4. The van der Waals surface area contributed by atoms with Crippen LogP contribution in [0.15, 0.2) is 0 Å². The fraction of sp³-hybridized carbons (Fsp3) is 0. The Balaban J connectivity index is -0.000000000833. The molecule has 3 N–H and O–H groups in total. The third kappa shape index (κ3) is 36.7. The summed E-state index contributed by atoms with van der Waals surface area (Å²) in [5.74, 6) is 3.50. The Labute approximate surface area is 85.0 Å². The van der Waals surface area contributed by atoms with Crippen LogP contribution in [-0.4, -0.2) is 5.21 Å². The SMILES string of the molecule is NO.[Cl-].[Cl-].[Cl-].[Ho+3]. The molecule has 0 amide bonds. The van der Waals surface area contributed by atoms with Crippen LogP contribution in [-0.2, 0) is 0 Å². The van der Waals surface area contributed by atoms with E-state index in [1.54, 1.807) is 0 Å². The van der Waals surface area contributed by atoms with Gasteiger partial charge in [-0.1, -0.05) is 0 Å². The monoisotopic (exact) mass is 303 g/mol. The molecule has 0 aromatic rings. The average molecular weight is 304 g/mol.